The van der Waals surface area contributed by atoms with Gasteiger partial charge in [0.1, 0.15) is 5.01 Å². The van der Waals surface area contributed by atoms with Gasteiger partial charge in [0.2, 0.25) is 10.0 Å². The van der Waals surface area contributed by atoms with E-state index in [1.165, 1.54) is 11.3 Å². The highest BCUT2D eigenvalue weighted by Gasteiger charge is 2.22. The topological polar surface area (TPSA) is 71.1 Å². The van der Waals surface area contributed by atoms with E-state index in [0.29, 0.717) is 11.4 Å². The van der Waals surface area contributed by atoms with Gasteiger partial charge < -0.3 is 5.32 Å². The lowest BCUT2D eigenvalue weighted by Crippen LogP contribution is -2.45. The number of hydrogen-bond acceptors (Lipinski definition) is 5. The van der Waals surface area contributed by atoms with Crippen molar-refractivity contribution in [3.05, 3.63) is 35.3 Å². The number of benzene rings is 1. The number of nitrogens with zero attached hydrogens (tertiary/aromatic N) is 1. The Hall–Kier alpha value is -0.990. The molecule has 0 bridgehead atoms. The Morgan fingerprint density at radius 3 is 2.87 bits per heavy atom. The Balaban J connectivity index is 0.00000192. The Morgan fingerprint density at radius 2 is 2.22 bits per heavy atom. The molecule has 2 aromatic rings. The van der Waals surface area contributed by atoms with Gasteiger partial charge in [0, 0.05) is 29.2 Å². The predicted octanol–water partition coefficient (Wildman–Crippen LogP) is 2.57. The van der Waals surface area contributed by atoms with Gasteiger partial charge in [-0.3, -0.25) is 0 Å². The van der Waals surface area contributed by atoms with Crippen molar-refractivity contribution in [3.63, 3.8) is 0 Å². The summed E-state index contributed by atoms with van der Waals surface area (Å²) in [4.78, 5) is 4.71. The number of thiazole rings is 1. The van der Waals surface area contributed by atoms with Crippen LogP contribution in [0.1, 0.15) is 18.5 Å². The van der Waals surface area contributed by atoms with E-state index in [1.54, 1.807) is 18.2 Å². The Labute approximate surface area is 147 Å². The molecule has 1 fully saturated rings. The van der Waals surface area contributed by atoms with E-state index in [4.69, 9.17) is 0 Å². The van der Waals surface area contributed by atoms with Gasteiger partial charge in [0.25, 0.3) is 0 Å². The third-order valence-corrected chi connectivity index (χ3v) is 6.16. The molecular formula is C15H20ClN3O2S2. The van der Waals surface area contributed by atoms with E-state index in [9.17, 15) is 8.42 Å². The molecule has 0 amide bonds. The van der Waals surface area contributed by atoms with Gasteiger partial charge in [-0.15, -0.1) is 23.7 Å². The minimum atomic E-state index is -3.50. The van der Waals surface area contributed by atoms with E-state index in [1.807, 2.05) is 18.4 Å². The van der Waals surface area contributed by atoms with Crippen LogP contribution in [0.5, 0.6) is 0 Å². The highest BCUT2D eigenvalue weighted by atomic mass is 35.5. The number of halogens is 1. The minimum Gasteiger partial charge on any atom is -0.315 e. The Kier molecular flexibility index (Phi) is 6.16. The van der Waals surface area contributed by atoms with Crippen LogP contribution < -0.4 is 10.0 Å². The summed E-state index contributed by atoms with van der Waals surface area (Å²) in [6, 6.07) is 6.93. The van der Waals surface area contributed by atoms with Crippen LogP contribution in [0.15, 0.2) is 34.5 Å². The molecule has 3 rings (SSSR count). The normalized spacial score (nSPS) is 18.4. The second-order valence-corrected chi connectivity index (χ2v) is 8.06. The summed E-state index contributed by atoms with van der Waals surface area (Å²) in [7, 11) is -3.50. The molecular weight excluding hydrogens is 354 g/mol. The molecule has 23 heavy (non-hydrogen) atoms. The van der Waals surface area contributed by atoms with E-state index >= 15 is 0 Å². The maximum Gasteiger partial charge on any atom is 0.240 e. The van der Waals surface area contributed by atoms with Gasteiger partial charge in [0.05, 0.1) is 4.90 Å². The fourth-order valence-corrected chi connectivity index (χ4v) is 4.63. The number of rotatable bonds is 4. The smallest absolute Gasteiger partial charge is 0.240 e. The number of aryl methyl sites for hydroxylation is 1. The average Bonchev–Trinajstić information content (AvgIpc) is 2.95. The van der Waals surface area contributed by atoms with E-state index in [-0.39, 0.29) is 18.4 Å². The van der Waals surface area contributed by atoms with Crippen molar-refractivity contribution in [2.45, 2.75) is 30.7 Å². The van der Waals surface area contributed by atoms with Crippen LogP contribution in [-0.2, 0) is 10.0 Å². The molecule has 0 aliphatic carbocycles. The van der Waals surface area contributed by atoms with Crippen molar-refractivity contribution in [1.29, 1.82) is 0 Å². The van der Waals surface area contributed by atoms with Gasteiger partial charge >= 0.3 is 0 Å². The summed E-state index contributed by atoms with van der Waals surface area (Å²) in [5, 5.41) is 6.02. The average molecular weight is 374 g/mol. The van der Waals surface area contributed by atoms with Crippen LogP contribution in [0.3, 0.4) is 0 Å². The fraction of sp³-hybridized carbons (Fsp3) is 0.400. The van der Waals surface area contributed by atoms with Crippen molar-refractivity contribution in [2.75, 3.05) is 13.1 Å². The third-order valence-electron chi connectivity index (χ3n) is 3.63. The predicted molar refractivity (Wildman–Crippen MR) is 95.7 cm³/mol. The third kappa shape index (κ3) is 4.51. The minimum absolute atomic E-state index is 0. The molecule has 1 aliphatic rings. The lowest BCUT2D eigenvalue weighted by molar-refractivity contribution is 0.428. The SMILES string of the molecule is Cc1csc(-c2cccc(S(=O)(=O)N[C@H]3CCCNC3)c2)n1.Cl. The summed E-state index contributed by atoms with van der Waals surface area (Å²) >= 11 is 1.52. The molecule has 0 saturated carbocycles. The van der Waals surface area contributed by atoms with Crippen LogP contribution in [-0.4, -0.2) is 32.5 Å². The lowest BCUT2D eigenvalue weighted by atomic mass is 10.1. The molecule has 1 atom stereocenters. The lowest BCUT2D eigenvalue weighted by Gasteiger charge is -2.23. The van der Waals surface area contributed by atoms with Gasteiger partial charge in [-0.2, -0.15) is 0 Å². The Morgan fingerprint density at radius 1 is 1.39 bits per heavy atom. The van der Waals surface area contributed by atoms with Crippen molar-refractivity contribution in [1.82, 2.24) is 15.0 Å². The van der Waals surface area contributed by atoms with Gasteiger partial charge in [-0.25, -0.2) is 18.1 Å². The van der Waals surface area contributed by atoms with Gasteiger partial charge in [-0.1, -0.05) is 12.1 Å². The van der Waals surface area contributed by atoms with E-state index in [2.05, 4.69) is 15.0 Å². The maximum atomic E-state index is 12.5. The quantitative estimate of drug-likeness (QED) is 0.864. The van der Waals surface area contributed by atoms with Crippen LogP contribution in [0.2, 0.25) is 0 Å². The van der Waals surface area contributed by atoms with Crippen LogP contribution in [0.25, 0.3) is 10.6 Å². The number of nitrogens with one attached hydrogen (secondary N) is 2. The fourth-order valence-electron chi connectivity index (χ4n) is 2.52. The molecule has 0 unspecified atom stereocenters. The summed E-state index contributed by atoms with van der Waals surface area (Å²) in [6.45, 7) is 3.57. The van der Waals surface area contributed by atoms with Crippen LogP contribution in [0, 0.1) is 6.92 Å². The molecule has 8 heteroatoms. The zero-order chi connectivity index (χ0) is 15.6. The second kappa shape index (κ2) is 7.72. The molecule has 1 aromatic carbocycles. The molecule has 126 valence electrons. The van der Waals surface area contributed by atoms with Crippen molar-refractivity contribution in [2.24, 2.45) is 0 Å². The molecule has 1 aromatic heterocycles. The summed E-state index contributed by atoms with van der Waals surface area (Å²) < 4.78 is 27.9. The summed E-state index contributed by atoms with van der Waals surface area (Å²) in [5.74, 6) is 0. The first-order valence-electron chi connectivity index (χ1n) is 7.30. The van der Waals surface area contributed by atoms with Gasteiger partial charge in [-0.05, 0) is 38.4 Å². The highest BCUT2D eigenvalue weighted by Crippen LogP contribution is 2.25. The summed E-state index contributed by atoms with van der Waals surface area (Å²) in [5.41, 5.74) is 1.78. The van der Waals surface area contributed by atoms with Crippen molar-refractivity contribution < 1.29 is 8.42 Å². The summed E-state index contributed by atoms with van der Waals surface area (Å²) in [6.07, 6.45) is 1.86. The maximum absolute atomic E-state index is 12.5. The first-order chi connectivity index (χ1) is 10.5. The molecule has 1 aliphatic heterocycles. The zero-order valence-corrected chi connectivity index (χ0v) is 15.2. The van der Waals surface area contributed by atoms with Crippen molar-refractivity contribution >= 4 is 33.8 Å². The molecule has 0 spiro atoms. The molecule has 2 heterocycles. The molecule has 0 radical (unpaired) electrons. The van der Waals surface area contributed by atoms with Gasteiger partial charge in [0.15, 0.2) is 0 Å². The highest BCUT2D eigenvalue weighted by molar-refractivity contribution is 7.89. The number of sulfonamides is 1. The van der Waals surface area contributed by atoms with Crippen molar-refractivity contribution in [3.8, 4) is 10.6 Å². The number of piperidine rings is 1. The number of hydrogen-bond donors (Lipinski definition) is 2. The zero-order valence-electron chi connectivity index (χ0n) is 12.8. The molecule has 2 N–H and O–H groups in total. The first kappa shape index (κ1) is 18.4. The van der Waals surface area contributed by atoms with E-state index in [0.717, 1.165) is 35.7 Å². The first-order valence-corrected chi connectivity index (χ1v) is 9.66. The van der Waals surface area contributed by atoms with Crippen LogP contribution >= 0.6 is 23.7 Å². The second-order valence-electron chi connectivity index (χ2n) is 5.49. The molecule has 1 saturated heterocycles. The van der Waals surface area contributed by atoms with Crippen LogP contribution in [0.4, 0.5) is 0 Å². The Bertz CT molecular complexity index is 756. The largest absolute Gasteiger partial charge is 0.315 e. The molecule has 5 nitrogen and oxygen atoms in total. The number of aromatic nitrogens is 1. The standard InChI is InChI=1S/C15H19N3O2S2.ClH/c1-11-10-21-15(17-11)12-4-2-6-14(8-12)22(19,20)18-13-5-3-7-16-9-13;/h2,4,6,8,10,13,16,18H,3,5,7,9H2,1H3;1H/t13-;/m0./s1. The monoisotopic (exact) mass is 373 g/mol. The van der Waals surface area contributed by atoms with E-state index < -0.39 is 10.0 Å².